The molecule has 1 heteroatoms. The number of allylic oxidation sites excluding steroid dienone is 2. The Hall–Kier alpha value is -0.300. The van der Waals surface area contributed by atoms with Crippen LogP contribution in [0.2, 0.25) is 0 Å². The third-order valence-corrected chi connectivity index (χ3v) is 5.40. The van der Waals surface area contributed by atoms with Crippen molar-refractivity contribution >= 4 is 0 Å². The van der Waals surface area contributed by atoms with Crippen molar-refractivity contribution in [2.24, 2.45) is 23.7 Å². The maximum atomic E-state index is 5.59. The van der Waals surface area contributed by atoms with Gasteiger partial charge in [0.15, 0.2) is 0 Å². The van der Waals surface area contributed by atoms with Gasteiger partial charge in [0.1, 0.15) is 0 Å². The van der Waals surface area contributed by atoms with Crippen LogP contribution in [-0.4, -0.2) is 13.2 Å². The molecular weight excluding hydrogens is 232 g/mol. The van der Waals surface area contributed by atoms with E-state index in [1.807, 2.05) is 0 Å². The predicted molar refractivity (Wildman–Crippen MR) is 82.2 cm³/mol. The van der Waals surface area contributed by atoms with Gasteiger partial charge >= 0.3 is 0 Å². The maximum Gasteiger partial charge on any atom is 0.0494 e. The molecule has 0 N–H and O–H groups in total. The molecule has 1 nitrogen and oxygen atoms in total. The monoisotopic (exact) mass is 264 g/mol. The molecule has 2 saturated carbocycles. The molecule has 0 aromatic rings. The van der Waals surface area contributed by atoms with Crippen molar-refractivity contribution in [1.29, 1.82) is 0 Å². The van der Waals surface area contributed by atoms with E-state index in [1.165, 1.54) is 51.4 Å². The van der Waals surface area contributed by atoms with Crippen LogP contribution >= 0.6 is 0 Å². The van der Waals surface area contributed by atoms with Gasteiger partial charge in [-0.15, -0.1) is 0 Å². The third kappa shape index (κ3) is 4.63. The number of rotatable bonds is 5. The normalized spacial score (nSPS) is 36.7. The van der Waals surface area contributed by atoms with Gasteiger partial charge in [0, 0.05) is 13.2 Å². The molecule has 2 fully saturated rings. The van der Waals surface area contributed by atoms with E-state index in [2.05, 4.69) is 26.0 Å². The van der Waals surface area contributed by atoms with Crippen molar-refractivity contribution in [3.05, 3.63) is 12.2 Å². The highest BCUT2D eigenvalue weighted by Gasteiger charge is 2.30. The molecule has 2 aliphatic carbocycles. The highest BCUT2D eigenvalue weighted by molar-refractivity contribution is 4.90. The fourth-order valence-corrected chi connectivity index (χ4v) is 4.19. The van der Waals surface area contributed by atoms with Gasteiger partial charge in [0.25, 0.3) is 0 Å². The van der Waals surface area contributed by atoms with Crippen LogP contribution < -0.4 is 0 Å². The smallest absolute Gasteiger partial charge is 0.0494 e. The minimum absolute atomic E-state index is 0.857. The van der Waals surface area contributed by atoms with Gasteiger partial charge in [-0.3, -0.25) is 0 Å². The van der Waals surface area contributed by atoms with Crippen molar-refractivity contribution in [1.82, 2.24) is 0 Å². The Kier molecular flexibility index (Phi) is 6.43. The lowest BCUT2D eigenvalue weighted by molar-refractivity contribution is 0.0727. The zero-order valence-corrected chi connectivity index (χ0v) is 12.9. The molecule has 0 aliphatic heterocycles. The summed E-state index contributed by atoms with van der Waals surface area (Å²) >= 11 is 0. The molecule has 0 saturated heterocycles. The summed E-state index contributed by atoms with van der Waals surface area (Å²) in [6.45, 7) is 6.16. The third-order valence-electron chi connectivity index (χ3n) is 5.40. The van der Waals surface area contributed by atoms with Gasteiger partial charge in [-0.1, -0.05) is 12.2 Å². The van der Waals surface area contributed by atoms with Gasteiger partial charge < -0.3 is 4.74 Å². The molecule has 2 rings (SSSR count). The topological polar surface area (TPSA) is 9.23 Å². The molecule has 0 aromatic heterocycles. The summed E-state index contributed by atoms with van der Waals surface area (Å²) in [5.41, 5.74) is 0. The quantitative estimate of drug-likeness (QED) is 0.619. The summed E-state index contributed by atoms with van der Waals surface area (Å²) in [5.74, 6) is 3.81. The van der Waals surface area contributed by atoms with Gasteiger partial charge in [-0.05, 0) is 88.9 Å². The van der Waals surface area contributed by atoms with E-state index in [-0.39, 0.29) is 0 Å². The molecule has 0 aromatic carbocycles. The van der Waals surface area contributed by atoms with Crippen molar-refractivity contribution in [2.75, 3.05) is 13.2 Å². The lowest BCUT2D eigenvalue weighted by atomic mass is 9.69. The predicted octanol–water partition coefficient (Wildman–Crippen LogP) is 5.21. The SMILES string of the molecule is CC=CC1CCC(C2CCC(COCC)CC2)CC1. The van der Waals surface area contributed by atoms with Crippen LogP contribution in [0.1, 0.15) is 65.2 Å². The minimum Gasteiger partial charge on any atom is -0.381 e. The first kappa shape index (κ1) is 15.1. The molecule has 0 heterocycles. The Labute approximate surface area is 119 Å². The minimum atomic E-state index is 0.857. The van der Waals surface area contributed by atoms with E-state index in [0.29, 0.717) is 0 Å². The van der Waals surface area contributed by atoms with Crippen LogP contribution in [0, 0.1) is 23.7 Å². The summed E-state index contributed by atoms with van der Waals surface area (Å²) in [7, 11) is 0. The van der Waals surface area contributed by atoms with Gasteiger partial charge in [0.05, 0.1) is 0 Å². The average molecular weight is 264 g/mol. The van der Waals surface area contributed by atoms with E-state index < -0.39 is 0 Å². The first-order valence-corrected chi connectivity index (χ1v) is 8.54. The Bertz CT molecular complexity index is 255. The zero-order valence-electron chi connectivity index (χ0n) is 12.9. The fraction of sp³-hybridized carbons (Fsp3) is 0.889. The Morgan fingerprint density at radius 3 is 2.00 bits per heavy atom. The van der Waals surface area contributed by atoms with Crippen molar-refractivity contribution < 1.29 is 4.74 Å². The van der Waals surface area contributed by atoms with E-state index >= 15 is 0 Å². The number of hydrogen-bond acceptors (Lipinski definition) is 1. The van der Waals surface area contributed by atoms with E-state index in [4.69, 9.17) is 4.74 Å². The molecule has 19 heavy (non-hydrogen) atoms. The fourth-order valence-electron chi connectivity index (χ4n) is 4.19. The second-order valence-electron chi connectivity index (χ2n) is 6.64. The van der Waals surface area contributed by atoms with Crippen LogP contribution in [0.4, 0.5) is 0 Å². The summed E-state index contributed by atoms with van der Waals surface area (Å²) in [4.78, 5) is 0. The van der Waals surface area contributed by atoms with Crippen LogP contribution in [0.25, 0.3) is 0 Å². The maximum absolute atomic E-state index is 5.59. The molecule has 0 atom stereocenters. The zero-order chi connectivity index (χ0) is 13.5. The van der Waals surface area contributed by atoms with Crippen molar-refractivity contribution in [3.8, 4) is 0 Å². The Morgan fingerprint density at radius 2 is 1.47 bits per heavy atom. The van der Waals surface area contributed by atoms with Crippen molar-refractivity contribution in [2.45, 2.75) is 65.2 Å². The summed E-state index contributed by atoms with van der Waals surface area (Å²) in [6.07, 6.45) is 16.3. The Balaban J connectivity index is 1.68. The lowest BCUT2D eigenvalue weighted by Gasteiger charge is -2.37. The number of hydrogen-bond donors (Lipinski definition) is 0. The second-order valence-corrected chi connectivity index (χ2v) is 6.64. The van der Waals surface area contributed by atoms with Crippen LogP contribution in [0.5, 0.6) is 0 Å². The molecular formula is C18H32O. The summed E-state index contributed by atoms with van der Waals surface area (Å²) in [6, 6.07) is 0. The van der Waals surface area contributed by atoms with Crippen LogP contribution in [0.3, 0.4) is 0 Å². The molecule has 0 amide bonds. The molecule has 0 radical (unpaired) electrons. The average Bonchev–Trinajstić information content (AvgIpc) is 2.47. The van der Waals surface area contributed by atoms with Gasteiger partial charge in [0.2, 0.25) is 0 Å². The first-order valence-electron chi connectivity index (χ1n) is 8.54. The summed E-state index contributed by atoms with van der Waals surface area (Å²) < 4.78 is 5.59. The second kappa shape index (κ2) is 8.09. The Morgan fingerprint density at radius 1 is 0.895 bits per heavy atom. The van der Waals surface area contributed by atoms with Crippen molar-refractivity contribution in [3.63, 3.8) is 0 Å². The molecule has 0 bridgehead atoms. The van der Waals surface area contributed by atoms with E-state index in [1.54, 1.807) is 0 Å². The van der Waals surface area contributed by atoms with Gasteiger partial charge in [-0.2, -0.15) is 0 Å². The van der Waals surface area contributed by atoms with Crippen LogP contribution in [-0.2, 0) is 4.74 Å². The first-order chi connectivity index (χ1) is 9.33. The largest absolute Gasteiger partial charge is 0.381 e. The highest BCUT2D eigenvalue weighted by Crippen LogP contribution is 2.41. The van der Waals surface area contributed by atoms with Gasteiger partial charge in [-0.25, -0.2) is 0 Å². The molecule has 0 unspecified atom stereocenters. The highest BCUT2D eigenvalue weighted by atomic mass is 16.5. The molecule has 0 spiro atoms. The lowest BCUT2D eigenvalue weighted by Crippen LogP contribution is -2.26. The molecule has 110 valence electrons. The standard InChI is InChI=1S/C18H32O/c1-3-5-15-6-10-17(11-7-15)18-12-8-16(9-13-18)14-19-4-2/h3,5,15-18H,4,6-14H2,1-2H3. The van der Waals surface area contributed by atoms with E-state index in [0.717, 1.165) is 36.9 Å². The summed E-state index contributed by atoms with van der Waals surface area (Å²) in [5, 5.41) is 0. The molecule has 2 aliphatic rings. The number of ether oxygens (including phenoxy) is 1. The van der Waals surface area contributed by atoms with E-state index in [9.17, 15) is 0 Å². The van der Waals surface area contributed by atoms with Crippen LogP contribution in [0.15, 0.2) is 12.2 Å².